The van der Waals surface area contributed by atoms with Gasteiger partial charge in [0, 0.05) is 41.0 Å². The first-order valence-corrected chi connectivity index (χ1v) is 15.0. The molecule has 1 saturated heterocycles. The minimum absolute atomic E-state index is 0.00641. The van der Waals surface area contributed by atoms with Crippen molar-refractivity contribution in [3.8, 4) is 21.8 Å². The van der Waals surface area contributed by atoms with Gasteiger partial charge in [-0.2, -0.15) is 13.2 Å². The molecule has 0 radical (unpaired) electrons. The molecule has 1 unspecified atom stereocenters. The van der Waals surface area contributed by atoms with Crippen LogP contribution in [0.4, 0.5) is 23.8 Å². The number of nitrogens with one attached hydrogen (secondary N) is 2. The number of alkyl halides is 3. The number of halogens is 3. The van der Waals surface area contributed by atoms with Gasteiger partial charge in [0.15, 0.2) is 5.69 Å². The van der Waals surface area contributed by atoms with Gasteiger partial charge < -0.3 is 15.0 Å². The molecule has 0 aromatic carbocycles. The molecule has 1 spiro atoms. The van der Waals surface area contributed by atoms with Gasteiger partial charge in [-0.15, -0.1) is 11.3 Å². The number of hydrogen-bond donors (Lipinski definition) is 3. The lowest BCUT2D eigenvalue weighted by molar-refractivity contribution is -0.140. The lowest BCUT2D eigenvalue weighted by Gasteiger charge is -2.25. The monoisotopic (exact) mass is 627 g/mol. The number of pyridine rings is 3. The Hall–Kier alpha value is -4.37. The van der Waals surface area contributed by atoms with Gasteiger partial charge in [-0.1, -0.05) is 6.92 Å². The highest BCUT2D eigenvalue weighted by molar-refractivity contribution is 7.13. The van der Waals surface area contributed by atoms with Crippen LogP contribution >= 0.6 is 11.3 Å². The van der Waals surface area contributed by atoms with Crippen LogP contribution in [0.2, 0.25) is 0 Å². The lowest BCUT2D eigenvalue weighted by atomic mass is 10.0. The molecule has 4 aromatic rings. The first-order valence-electron chi connectivity index (χ1n) is 14.1. The van der Waals surface area contributed by atoms with Crippen LogP contribution in [0.25, 0.3) is 32.7 Å². The van der Waals surface area contributed by atoms with E-state index in [1.54, 1.807) is 6.92 Å². The van der Waals surface area contributed by atoms with Gasteiger partial charge in [0.25, 0.3) is 0 Å². The third-order valence-corrected chi connectivity index (χ3v) is 9.20. The Morgan fingerprint density at radius 2 is 1.98 bits per heavy atom. The van der Waals surface area contributed by atoms with E-state index < -0.39 is 29.3 Å². The Morgan fingerprint density at radius 1 is 1.18 bits per heavy atom. The van der Waals surface area contributed by atoms with Gasteiger partial charge in [-0.3, -0.25) is 20.0 Å². The van der Waals surface area contributed by atoms with Gasteiger partial charge in [0.1, 0.15) is 16.4 Å². The van der Waals surface area contributed by atoms with Crippen molar-refractivity contribution in [1.82, 2.24) is 29.7 Å². The van der Waals surface area contributed by atoms with Crippen molar-refractivity contribution in [1.29, 1.82) is 0 Å². The Morgan fingerprint density at radius 3 is 2.66 bits per heavy atom. The second-order valence-electron chi connectivity index (χ2n) is 10.8. The van der Waals surface area contributed by atoms with Crippen molar-refractivity contribution in [2.75, 3.05) is 25.0 Å². The maximum atomic E-state index is 13.4. The molecule has 11 nitrogen and oxygen atoms in total. The van der Waals surface area contributed by atoms with E-state index in [1.165, 1.54) is 30.7 Å². The Kier molecular flexibility index (Phi) is 7.40. The standard InChI is InChI=1S/C29H28F3N7O4S/c1-3-33-27(43)37-23-9-15(25-36-21(14-44-25)29(30,31)32)17(11-35-23)19-8-16-20(12-34-19)39(13-18(24(16)40)26(41)42)22-10-28(22)6-5-7-38(28)4-2/h8-9,11-14,22H,3-7,10H2,1-2H3,(H,41,42)(H2,33,35,37,43)/t22-,28?/m1/s1. The highest BCUT2D eigenvalue weighted by Crippen LogP contribution is 2.58. The number of carboxylic acid groups (broad SMARTS) is 1. The molecule has 1 aliphatic carbocycles. The van der Waals surface area contributed by atoms with Crippen LogP contribution in [0, 0.1) is 0 Å². The SMILES string of the molecule is CCNC(=O)Nc1cc(-c2nc(C(F)(F)F)cs2)c(-c2cc3c(=O)c(C(=O)O)cn([C@@H]4CC45CCCN5CC)c3cn2)cn1. The number of likely N-dealkylation sites (tertiary alicyclic amines) is 1. The fourth-order valence-corrected chi connectivity index (χ4v) is 7.09. The summed E-state index contributed by atoms with van der Waals surface area (Å²) >= 11 is 0.754. The largest absolute Gasteiger partial charge is 0.477 e. The van der Waals surface area contributed by atoms with Crippen molar-refractivity contribution < 1.29 is 27.9 Å². The summed E-state index contributed by atoms with van der Waals surface area (Å²) in [5.74, 6) is -1.30. The maximum absolute atomic E-state index is 13.4. The van der Waals surface area contributed by atoms with E-state index in [-0.39, 0.29) is 50.2 Å². The lowest BCUT2D eigenvalue weighted by Crippen LogP contribution is -2.33. The molecule has 2 atom stereocenters. The normalized spacial score (nSPS) is 19.9. The highest BCUT2D eigenvalue weighted by Gasteiger charge is 2.60. The molecule has 3 N–H and O–H groups in total. The number of aromatic carboxylic acids is 1. The molecule has 4 aromatic heterocycles. The van der Waals surface area contributed by atoms with Crippen LogP contribution in [0.15, 0.2) is 40.9 Å². The fourth-order valence-electron chi connectivity index (χ4n) is 6.23. The molecule has 1 aliphatic heterocycles. The molecule has 1 saturated carbocycles. The molecule has 230 valence electrons. The van der Waals surface area contributed by atoms with Crippen molar-refractivity contribution in [3.05, 3.63) is 57.6 Å². The molecule has 2 aliphatic rings. The van der Waals surface area contributed by atoms with Gasteiger partial charge in [-0.25, -0.2) is 19.6 Å². The number of carboxylic acids is 1. The number of carbonyl (C=O) groups is 2. The molecule has 0 bridgehead atoms. The first kappa shape index (κ1) is 29.7. The molecule has 5 heterocycles. The average Bonchev–Trinajstić information content (AvgIpc) is 3.29. The Balaban J connectivity index is 1.50. The number of likely N-dealkylation sites (N-methyl/N-ethyl adjacent to an activating group) is 1. The topological polar surface area (TPSA) is 142 Å². The van der Waals surface area contributed by atoms with E-state index in [1.807, 2.05) is 4.57 Å². The number of fused-ring (bicyclic) bond motifs is 1. The van der Waals surface area contributed by atoms with Gasteiger partial charge in [-0.05, 0) is 51.4 Å². The predicted octanol–water partition coefficient (Wildman–Crippen LogP) is 5.24. The summed E-state index contributed by atoms with van der Waals surface area (Å²) in [5.41, 5.74) is -1.17. The summed E-state index contributed by atoms with van der Waals surface area (Å²) in [6.45, 7) is 5.96. The smallest absolute Gasteiger partial charge is 0.434 e. The summed E-state index contributed by atoms with van der Waals surface area (Å²) in [7, 11) is 0. The number of rotatable bonds is 7. The van der Waals surface area contributed by atoms with Gasteiger partial charge >= 0.3 is 18.2 Å². The predicted molar refractivity (Wildman–Crippen MR) is 158 cm³/mol. The number of anilines is 1. The third kappa shape index (κ3) is 5.09. The molecular formula is C29H28F3N7O4S. The second-order valence-corrected chi connectivity index (χ2v) is 11.7. The van der Waals surface area contributed by atoms with E-state index in [9.17, 15) is 32.7 Å². The van der Waals surface area contributed by atoms with E-state index in [4.69, 9.17) is 0 Å². The minimum Gasteiger partial charge on any atom is -0.477 e. The molecule has 15 heteroatoms. The van der Waals surface area contributed by atoms with Crippen LogP contribution in [-0.2, 0) is 6.18 Å². The highest BCUT2D eigenvalue weighted by atomic mass is 32.1. The average molecular weight is 628 g/mol. The summed E-state index contributed by atoms with van der Waals surface area (Å²) in [6, 6.07) is 2.24. The Labute approximate surface area is 252 Å². The summed E-state index contributed by atoms with van der Waals surface area (Å²) in [5, 5.41) is 16.0. The second kappa shape index (κ2) is 11.0. The minimum atomic E-state index is -4.67. The number of aromatic nitrogens is 4. The van der Waals surface area contributed by atoms with Crippen LogP contribution in [0.1, 0.15) is 55.2 Å². The third-order valence-electron chi connectivity index (χ3n) is 8.32. The number of hydrogen-bond acceptors (Lipinski definition) is 8. The van der Waals surface area contributed by atoms with Crippen molar-refractivity contribution in [2.45, 2.75) is 50.9 Å². The number of carbonyl (C=O) groups excluding carboxylic acids is 1. The summed E-state index contributed by atoms with van der Waals surface area (Å²) < 4.78 is 42.1. The zero-order chi connectivity index (χ0) is 31.4. The van der Waals surface area contributed by atoms with Crippen LogP contribution in [0.3, 0.4) is 0 Å². The van der Waals surface area contributed by atoms with Crippen LogP contribution in [-0.4, -0.2) is 66.7 Å². The van der Waals surface area contributed by atoms with Crippen molar-refractivity contribution >= 4 is 40.1 Å². The molecule has 6 rings (SSSR count). The van der Waals surface area contributed by atoms with Crippen LogP contribution in [0.5, 0.6) is 0 Å². The molecule has 44 heavy (non-hydrogen) atoms. The van der Waals surface area contributed by atoms with Crippen molar-refractivity contribution in [2.24, 2.45) is 0 Å². The number of nitrogens with zero attached hydrogens (tertiary/aromatic N) is 5. The van der Waals surface area contributed by atoms with E-state index in [2.05, 4.69) is 37.4 Å². The van der Waals surface area contributed by atoms with E-state index in [0.717, 1.165) is 49.1 Å². The zero-order valence-electron chi connectivity index (χ0n) is 23.7. The maximum Gasteiger partial charge on any atom is 0.434 e. The number of amides is 2. The van der Waals surface area contributed by atoms with Gasteiger partial charge in [0.2, 0.25) is 5.43 Å². The molecular weight excluding hydrogens is 599 g/mol. The Bertz CT molecular complexity index is 1860. The van der Waals surface area contributed by atoms with Gasteiger partial charge in [0.05, 0.1) is 28.8 Å². The molecule has 2 amide bonds. The van der Waals surface area contributed by atoms with E-state index in [0.29, 0.717) is 12.1 Å². The fraction of sp³-hybridized carbons (Fsp3) is 0.379. The summed E-state index contributed by atoms with van der Waals surface area (Å²) in [6.07, 6.45) is 2.35. The summed E-state index contributed by atoms with van der Waals surface area (Å²) in [4.78, 5) is 52.7. The molecule has 2 fully saturated rings. The van der Waals surface area contributed by atoms with Crippen molar-refractivity contribution in [3.63, 3.8) is 0 Å². The first-order chi connectivity index (χ1) is 21.0. The zero-order valence-corrected chi connectivity index (χ0v) is 24.6. The van der Waals surface area contributed by atoms with Crippen LogP contribution < -0.4 is 16.1 Å². The van der Waals surface area contributed by atoms with E-state index >= 15 is 0 Å². The number of thiazole rings is 1. The quantitative estimate of drug-likeness (QED) is 0.253. The number of urea groups is 1.